The number of ether oxygens (including phenoxy) is 1. The molecule has 0 aromatic heterocycles. The van der Waals surface area contributed by atoms with Gasteiger partial charge in [-0.05, 0) is 24.6 Å². The van der Waals surface area contributed by atoms with Gasteiger partial charge in [0.25, 0.3) is 0 Å². The molecule has 1 amide bonds. The molecule has 0 unspecified atom stereocenters. The summed E-state index contributed by atoms with van der Waals surface area (Å²) in [5.74, 6) is -0.167. The van der Waals surface area contributed by atoms with Crippen LogP contribution in [0.2, 0.25) is 5.02 Å². The monoisotopic (exact) mass is 555 g/mol. The van der Waals surface area contributed by atoms with Gasteiger partial charge in [0.15, 0.2) is 5.91 Å². The molecule has 2 rings (SSSR count). The van der Waals surface area contributed by atoms with Gasteiger partial charge in [-0.15, -0.1) is 6.54 Å². The van der Waals surface area contributed by atoms with Gasteiger partial charge in [0, 0.05) is 24.4 Å². The number of rotatable bonds is 6. The summed E-state index contributed by atoms with van der Waals surface area (Å²) in [4.78, 5) is 11.8. The SMILES string of the molecule is C[N-]CCCOC.O=C(Nc1cccc(Cl)c1)c1c[c-]ccc1.[CH3-].[O]=[Os]. The van der Waals surface area contributed by atoms with Crippen molar-refractivity contribution in [3.63, 3.8) is 0 Å². The van der Waals surface area contributed by atoms with E-state index in [9.17, 15) is 4.79 Å². The molecule has 0 atom stereocenters. The summed E-state index contributed by atoms with van der Waals surface area (Å²) in [6, 6.07) is 16.8. The van der Waals surface area contributed by atoms with Gasteiger partial charge in [-0.3, -0.25) is 4.79 Å². The average molecular weight is 554 g/mol. The first kappa shape index (κ1) is 26.8. The molecule has 0 radical (unpaired) electrons. The Morgan fingerprint density at radius 1 is 1.31 bits per heavy atom. The number of benzene rings is 2. The van der Waals surface area contributed by atoms with Gasteiger partial charge < -0.3 is 22.8 Å². The van der Waals surface area contributed by atoms with E-state index < -0.39 is 0 Å². The van der Waals surface area contributed by atoms with E-state index in [0.29, 0.717) is 34.8 Å². The predicted octanol–water partition coefficient (Wildman–Crippen LogP) is 4.75. The molecule has 26 heavy (non-hydrogen) atoms. The molecule has 1 N–H and O–H groups in total. The van der Waals surface area contributed by atoms with Crippen molar-refractivity contribution in [2.45, 2.75) is 6.42 Å². The van der Waals surface area contributed by atoms with Gasteiger partial charge in [-0.25, -0.2) is 0 Å². The fraction of sp³-hybridized carbons (Fsp3) is 0.263. The summed E-state index contributed by atoms with van der Waals surface area (Å²) >= 11 is 6.43. The van der Waals surface area contributed by atoms with Crippen LogP contribution in [0.4, 0.5) is 5.69 Å². The van der Waals surface area contributed by atoms with Crippen LogP contribution < -0.4 is 5.32 Å². The van der Waals surface area contributed by atoms with Crippen molar-refractivity contribution in [3.05, 3.63) is 77.9 Å². The molecule has 0 spiro atoms. The van der Waals surface area contributed by atoms with Crippen LogP contribution in [0.5, 0.6) is 0 Å². The second kappa shape index (κ2) is 18.4. The van der Waals surface area contributed by atoms with Crippen LogP contribution in [0.1, 0.15) is 16.8 Å². The van der Waals surface area contributed by atoms with Gasteiger partial charge >= 0.3 is 22.1 Å². The van der Waals surface area contributed by atoms with E-state index in [1.54, 1.807) is 55.6 Å². The molecule has 0 saturated heterocycles. The van der Waals surface area contributed by atoms with Gasteiger partial charge in [0.2, 0.25) is 0 Å². The molecular weight excluding hydrogens is 530 g/mol. The van der Waals surface area contributed by atoms with Crippen molar-refractivity contribution >= 4 is 23.2 Å². The van der Waals surface area contributed by atoms with Crippen LogP contribution in [0.25, 0.3) is 5.32 Å². The number of amides is 1. The zero-order valence-electron chi connectivity index (χ0n) is 15.1. The topological polar surface area (TPSA) is 69.5 Å². The van der Waals surface area contributed by atoms with Crippen molar-refractivity contribution in [1.29, 1.82) is 0 Å². The van der Waals surface area contributed by atoms with E-state index in [1.165, 1.54) is 0 Å². The number of hydrogen-bond donors (Lipinski definition) is 1. The van der Waals surface area contributed by atoms with Crippen LogP contribution in [0.3, 0.4) is 0 Å². The molecule has 0 heterocycles. The van der Waals surface area contributed by atoms with E-state index in [0.717, 1.165) is 19.6 Å². The van der Waals surface area contributed by atoms with E-state index >= 15 is 0 Å². The fourth-order valence-electron chi connectivity index (χ4n) is 1.67. The molecule has 146 valence electrons. The summed E-state index contributed by atoms with van der Waals surface area (Å²) in [6.45, 7) is 1.76. The van der Waals surface area contributed by atoms with Crippen molar-refractivity contribution in [3.8, 4) is 0 Å². The summed E-state index contributed by atoms with van der Waals surface area (Å²) in [5, 5.41) is 7.24. The number of anilines is 1. The zero-order chi connectivity index (χ0) is 18.9. The Hall–Kier alpha value is -1.44. The second-order valence-electron chi connectivity index (χ2n) is 4.64. The number of carbonyl (C=O) groups excluding carboxylic acids is 1. The van der Waals surface area contributed by atoms with Crippen molar-refractivity contribution in [2.75, 3.05) is 32.6 Å². The fourth-order valence-corrected chi connectivity index (χ4v) is 1.86. The third-order valence-electron chi connectivity index (χ3n) is 2.78. The Morgan fingerprint density at radius 3 is 2.58 bits per heavy atom. The van der Waals surface area contributed by atoms with Crippen molar-refractivity contribution in [1.82, 2.24) is 0 Å². The Balaban J connectivity index is 0. The standard InChI is InChI=1S/C13H9ClNO.C5H12NO.CH3.O.Os/c14-11-7-4-8-12(9-11)15-13(16)10-5-2-1-3-6-10;1-6-4-3-5-7-2;;;/h1-2,4-9H,(H,15,16);3-5H2,1-2H3;1H3;;/q3*-1;;. The number of carbonyl (C=O) groups is 1. The molecule has 0 aliphatic carbocycles. The molecule has 0 aliphatic rings. The van der Waals surface area contributed by atoms with Gasteiger partial charge in [0.1, 0.15) is 0 Å². The molecule has 2 aromatic carbocycles. The van der Waals surface area contributed by atoms with E-state index in [2.05, 4.69) is 16.7 Å². The molecule has 0 aliphatic heterocycles. The van der Waals surface area contributed by atoms with Gasteiger partial charge in [-0.1, -0.05) is 23.2 Å². The normalized spacial score (nSPS) is 8.77. The quantitative estimate of drug-likeness (QED) is 0.415. The summed E-state index contributed by atoms with van der Waals surface area (Å²) < 4.78 is 13.1. The molecule has 0 fully saturated rings. The predicted molar refractivity (Wildman–Crippen MR) is 102 cm³/mol. The minimum absolute atomic E-state index is 0. The molecular formula is C19H24ClN2O3Os-3. The number of hydrogen-bond acceptors (Lipinski definition) is 3. The molecule has 7 heteroatoms. The van der Waals surface area contributed by atoms with Crippen LogP contribution >= 0.6 is 11.6 Å². The Labute approximate surface area is 171 Å². The molecule has 2 aromatic rings. The van der Waals surface area contributed by atoms with Crippen molar-refractivity contribution in [2.24, 2.45) is 0 Å². The maximum absolute atomic E-state index is 11.8. The summed E-state index contributed by atoms with van der Waals surface area (Å²) in [7, 11) is 3.52. The third-order valence-corrected chi connectivity index (χ3v) is 3.02. The third kappa shape index (κ3) is 12.9. The molecule has 5 nitrogen and oxygen atoms in total. The Bertz CT molecular complexity index is 596. The summed E-state index contributed by atoms with van der Waals surface area (Å²) in [6.07, 6.45) is 1.05. The van der Waals surface area contributed by atoms with Crippen LogP contribution in [0.15, 0.2) is 48.5 Å². The summed E-state index contributed by atoms with van der Waals surface area (Å²) in [5.41, 5.74) is 1.25. The maximum atomic E-state index is 11.8. The van der Waals surface area contributed by atoms with Crippen LogP contribution in [0, 0.1) is 13.5 Å². The Morgan fingerprint density at radius 2 is 2.04 bits per heavy atom. The average Bonchev–Trinajstić information content (AvgIpc) is 2.65. The second-order valence-corrected chi connectivity index (χ2v) is 5.08. The number of nitrogens with zero attached hydrogens (tertiary/aromatic N) is 1. The van der Waals surface area contributed by atoms with E-state index in [4.69, 9.17) is 19.9 Å². The Kier molecular flexibility index (Phi) is 18.9. The first-order chi connectivity index (χ1) is 12.2. The minimum atomic E-state index is -0.167. The van der Waals surface area contributed by atoms with Crippen LogP contribution in [-0.4, -0.2) is 33.2 Å². The first-order valence-electron chi connectivity index (χ1n) is 7.39. The van der Waals surface area contributed by atoms with Gasteiger partial charge in [0.05, 0.1) is 0 Å². The van der Waals surface area contributed by atoms with Gasteiger partial charge in [-0.2, -0.15) is 37.4 Å². The number of halogens is 1. The van der Waals surface area contributed by atoms with Crippen molar-refractivity contribution < 1.29 is 31.6 Å². The van der Waals surface area contributed by atoms with E-state index in [-0.39, 0.29) is 13.3 Å². The van der Waals surface area contributed by atoms with Crippen LogP contribution in [-0.2, 0) is 26.8 Å². The number of nitrogens with one attached hydrogen (secondary N) is 1. The van der Waals surface area contributed by atoms with E-state index in [1.807, 2.05) is 7.05 Å². The number of methoxy groups -OCH3 is 1. The molecule has 0 saturated carbocycles. The first-order valence-corrected chi connectivity index (χ1v) is 8.81. The zero-order valence-corrected chi connectivity index (χ0v) is 18.4. The molecule has 0 bridgehead atoms.